The summed E-state index contributed by atoms with van der Waals surface area (Å²) in [7, 11) is 0. The summed E-state index contributed by atoms with van der Waals surface area (Å²) in [5.41, 5.74) is -0.198. The second-order valence-electron chi connectivity index (χ2n) is 5.92. The molecule has 1 saturated carbocycles. The molecule has 0 aromatic heterocycles. The van der Waals surface area contributed by atoms with Crippen LogP contribution in [0.1, 0.15) is 30.4 Å². The van der Waals surface area contributed by atoms with E-state index in [9.17, 15) is 31.1 Å². The lowest BCUT2D eigenvalue weighted by atomic mass is 9.94. The number of hydrogen-bond acceptors (Lipinski definition) is 1. The van der Waals surface area contributed by atoms with Crippen molar-refractivity contribution in [3.8, 4) is 0 Å². The van der Waals surface area contributed by atoms with Crippen molar-refractivity contribution in [3.05, 3.63) is 35.4 Å². The van der Waals surface area contributed by atoms with Crippen LogP contribution in [0.4, 0.5) is 26.3 Å². The Kier molecular flexibility index (Phi) is 5.45. The topological polar surface area (TPSA) is 29.1 Å². The van der Waals surface area contributed by atoms with Crippen LogP contribution in [0.2, 0.25) is 0 Å². The first-order valence-corrected chi connectivity index (χ1v) is 7.59. The molecule has 1 aromatic rings. The molecule has 0 unspecified atom stereocenters. The van der Waals surface area contributed by atoms with Gasteiger partial charge in [0.05, 0.1) is 11.5 Å². The molecule has 1 amide bonds. The van der Waals surface area contributed by atoms with Gasteiger partial charge in [-0.15, -0.1) is 0 Å². The number of alkyl halides is 6. The van der Waals surface area contributed by atoms with E-state index in [1.54, 1.807) is 0 Å². The Balaban J connectivity index is 1.84. The van der Waals surface area contributed by atoms with Gasteiger partial charge >= 0.3 is 12.4 Å². The van der Waals surface area contributed by atoms with Gasteiger partial charge < -0.3 is 5.32 Å². The highest BCUT2D eigenvalue weighted by atomic mass is 19.4. The molecule has 2 rings (SSSR count). The number of rotatable bonds is 4. The van der Waals surface area contributed by atoms with Crippen molar-refractivity contribution >= 4 is 5.91 Å². The highest BCUT2D eigenvalue weighted by Crippen LogP contribution is 2.43. The fraction of sp³-hybridized carbons (Fsp3) is 0.562. The zero-order chi connectivity index (χ0) is 18.0. The van der Waals surface area contributed by atoms with Crippen LogP contribution in [0.15, 0.2) is 24.3 Å². The van der Waals surface area contributed by atoms with E-state index >= 15 is 0 Å². The minimum atomic E-state index is -4.41. The molecule has 1 aliphatic rings. The minimum absolute atomic E-state index is 0.0412. The molecular formula is C16H17F6NO. The lowest BCUT2D eigenvalue weighted by Crippen LogP contribution is -2.38. The van der Waals surface area contributed by atoms with Crippen LogP contribution in [0.5, 0.6) is 0 Å². The molecule has 8 heteroatoms. The van der Waals surface area contributed by atoms with E-state index in [1.807, 2.05) is 0 Å². The molecule has 0 heterocycles. The van der Waals surface area contributed by atoms with Crippen molar-refractivity contribution in [2.45, 2.75) is 38.0 Å². The zero-order valence-corrected chi connectivity index (χ0v) is 12.7. The van der Waals surface area contributed by atoms with Gasteiger partial charge in [-0.05, 0) is 37.0 Å². The van der Waals surface area contributed by atoms with E-state index in [1.165, 1.54) is 12.1 Å². The fourth-order valence-corrected chi connectivity index (χ4v) is 2.99. The van der Waals surface area contributed by atoms with Crippen LogP contribution in [-0.2, 0) is 17.4 Å². The molecule has 0 aliphatic heterocycles. The van der Waals surface area contributed by atoms with Crippen LogP contribution in [0.25, 0.3) is 0 Å². The van der Waals surface area contributed by atoms with E-state index in [0.29, 0.717) is 12.0 Å². The molecule has 1 aliphatic carbocycles. The first kappa shape index (κ1) is 18.6. The summed E-state index contributed by atoms with van der Waals surface area (Å²) >= 11 is 0. The normalized spacial score (nSPS) is 21.8. The molecule has 0 bridgehead atoms. The quantitative estimate of drug-likeness (QED) is 0.802. The van der Waals surface area contributed by atoms with Gasteiger partial charge in [0.1, 0.15) is 0 Å². The summed E-state index contributed by atoms with van der Waals surface area (Å²) in [6, 6.07) is 4.47. The highest BCUT2D eigenvalue weighted by Gasteiger charge is 2.49. The van der Waals surface area contributed by atoms with Gasteiger partial charge in [0.15, 0.2) is 0 Å². The van der Waals surface area contributed by atoms with E-state index in [-0.39, 0.29) is 25.8 Å². The second-order valence-corrected chi connectivity index (χ2v) is 5.92. The fourth-order valence-electron chi connectivity index (χ4n) is 2.99. The predicted molar refractivity (Wildman–Crippen MR) is 75.0 cm³/mol. The summed E-state index contributed by atoms with van der Waals surface area (Å²) < 4.78 is 75.8. The molecule has 1 N–H and O–H groups in total. The van der Waals surface area contributed by atoms with E-state index < -0.39 is 35.7 Å². The lowest BCUT2D eigenvalue weighted by molar-refractivity contribution is -0.186. The van der Waals surface area contributed by atoms with Gasteiger partial charge in [-0.3, -0.25) is 4.79 Å². The minimum Gasteiger partial charge on any atom is -0.356 e. The van der Waals surface area contributed by atoms with Gasteiger partial charge in [-0.2, -0.15) is 26.3 Å². The van der Waals surface area contributed by atoms with Crippen LogP contribution in [0, 0.1) is 11.8 Å². The second kappa shape index (κ2) is 7.03. The molecule has 134 valence electrons. The highest BCUT2D eigenvalue weighted by molar-refractivity contribution is 5.79. The van der Waals surface area contributed by atoms with Crippen molar-refractivity contribution in [2.75, 3.05) is 6.54 Å². The Morgan fingerprint density at radius 1 is 1.04 bits per heavy atom. The largest absolute Gasteiger partial charge is 0.416 e. The molecule has 0 saturated heterocycles. The number of nitrogens with one attached hydrogen (secondary N) is 1. The smallest absolute Gasteiger partial charge is 0.356 e. The van der Waals surface area contributed by atoms with E-state index in [0.717, 1.165) is 12.1 Å². The average molecular weight is 353 g/mol. The molecule has 0 spiro atoms. The van der Waals surface area contributed by atoms with Crippen molar-refractivity contribution < 1.29 is 31.1 Å². The molecule has 1 aromatic carbocycles. The number of benzene rings is 1. The number of hydrogen-bond donors (Lipinski definition) is 1. The molecule has 24 heavy (non-hydrogen) atoms. The third-order valence-electron chi connectivity index (χ3n) is 4.27. The molecule has 2 nitrogen and oxygen atoms in total. The zero-order valence-electron chi connectivity index (χ0n) is 12.7. The van der Waals surface area contributed by atoms with Crippen molar-refractivity contribution in [1.29, 1.82) is 0 Å². The number of carbonyl (C=O) groups excluding carboxylic acids is 1. The van der Waals surface area contributed by atoms with Crippen LogP contribution in [0.3, 0.4) is 0 Å². The summed E-state index contributed by atoms with van der Waals surface area (Å²) in [6.07, 6.45) is -8.01. The first-order chi connectivity index (χ1) is 11.1. The Labute approximate surface area is 135 Å². The maximum atomic E-state index is 12.8. The third kappa shape index (κ3) is 4.64. The van der Waals surface area contributed by atoms with Crippen LogP contribution in [-0.4, -0.2) is 18.6 Å². The Hall–Kier alpha value is -1.73. The lowest BCUT2D eigenvalue weighted by Gasteiger charge is -2.21. The first-order valence-electron chi connectivity index (χ1n) is 7.59. The number of halogens is 6. The summed E-state index contributed by atoms with van der Waals surface area (Å²) in [6.45, 7) is 0.0886. The molecule has 1 fully saturated rings. The Bertz CT molecular complexity index is 563. The molecule has 0 radical (unpaired) electrons. The van der Waals surface area contributed by atoms with Crippen molar-refractivity contribution in [1.82, 2.24) is 5.32 Å². The average Bonchev–Trinajstić information content (AvgIpc) is 2.96. The number of amides is 1. The van der Waals surface area contributed by atoms with E-state index in [2.05, 4.69) is 5.32 Å². The standard InChI is InChI=1S/C16H17F6NO/c17-15(18,19)11-6-4-10(5-7-11)8-9-23-14(24)12-2-1-3-13(12)16(20,21)22/h4-7,12-13H,1-3,8-9H2,(H,23,24)/t12-,13-/m1/s1. The Morgan fingerprint density at radius 3 is 2.21 bits per heavy atom. The van der Waals surface area contributed by atoms with Gasteiger partial charge in [-0.1, -0.05) is 18.6 Å². The van der Waals surface area contributed by atoms with Crippen molar-refractivity contribution in [2.24, 2.45) is 11.8 Å². The Morgan fingerprint density at radius 2 is 1.67 bits per heavy atom. The van der Waals surface area contributed by atoms with Gasteiger partial charge in [0.25, 0.3) is 0 Å². The third-order valence-corrected chi connectivity index (χ3v) is 4.27. The predicted octanol–water partition coefficient (Wildman–Crippen LogP) is 4.34. The summed E-state index contributed by atoms with van der Waals surface area (Å²) in [4.78, 5) is 11.9. The maximum absolute atomic E-state index is 12.8. The summed E-state index contributed by atoms with van der Waals surface area (Å²) in [5, 5.41) is 2.46. The van der Waals surface area contributed by atoms with Gasteiger partial charge in [0.2, 0.25) is 5.91 Å². The maximum Gasteiger partial charge on any atom is 0.416 e. The monoisotopic (exact) mass is 353 g/mol. The molecule has 2 atom stereocenters. The molecular weight excluding hydrogens is 336 g/mol. The van der Waals surface area contributed by atoms with Gasteiger partial charge in [0, 0.05) is 12.5 Å². The SMILES string of the molecule is O=C(NCCc1ccc(C(F)(F)F)cc1)[C@@H]1CCC[C@H]1C(F)(F)F. The van der Waals surface area contributed by atoms with Crippen molar-refractivity contribution in [3.63, 3.8) is 0 Å². The van der Waals surface area contributed by atoms with Crippen LogP contribution >= 0.6 is 0 Å². The van der Waals surface area contributed by atoms with Gasteiger partial charge in [-0.25, -0.2) is 0 Å². The van der Waals surface area contributed by atoms with E-state index in [4.69, 9.17) is 0 Å². The number of carbonyl (C=O) groups is 1. The summed E-state index contributed by atoms with van der Waals surface area (Å²) in [5.74, 6) is -3.32. The van der Waals surface area contributed by atoms with Crippen LogP contribution < -0.4 is 5.32 Å².